The van der Waals surface area contributed by atoms with Gasteiger partial charge in [-0.05, 0) is 65.7 Å². The zero-order valence-corrected chi connectivity index (χ0v) is 24.7. The van der Waals surface area contributed by atoms with Crippen LogP contribution in [0.15, 0.2) is 176 Å². The largest absolute Gasteiger partial charge is 0.355 e. The summed E-state index contributed by atoms with van der Waals surface area (Å²) >= 11 is 0. The van der Waals surface area contributed by atoms with Crippen LogP contribution in [0.4, 0.5) is 22.7 Å². The lowest BCUT2D eigenvalue weighted by molar-refractivity contribution is 1.18. The predicted molar refractivity (Wildman–Crippen MR) is 191 cm³/mol. The fourth-order valence-electron chi connectivity index (χ4n) is 6.28. The minimum atomic E-state index is 1.02. The van der Waals surface area contributed by atoms with Gasteiger partial charge >= 0.3 is 0 Å². The van der Waals surface area contributed by atoms with Gasteiger partial charge in [0.15, 0.2) is 0 Å². The van der Waals surface area contributed by atoms with Crippen LogP contribution in [0.5, 0.6) is 0 Å². The average Bonchev–Trinajstić information content (AvgIpc) is 3.44. The first-order valence-electron chi connectivity index (χ1n) is 15.3. The second-order valence-electron chi connectivity index (χ2n) is 11.2. The quantitative estimate of drug-likeness (QED) is 0.197. The van der Waals surface area contributed by atoms with Gasteiger partial charge in [0.05, 0.1) is 11.0 Å². The van der Waals surface area contributed by atoms with Crippen molar-refractivity contribution in [2.24, 2.45) is 0 Å². The molecular formula is C42H31N3. The van der Waals surface area contributed by atoms with Crippen molar-refractivity contribution in [2.45, 2.75) is 0 Å². The predicted octanol–water partition coefficient (Wildman–Crippen LogP) is 11.6. The van der Waals surface area contributed by atoms with Crippen LogP contribution in [0.2, 0.25) is 0 Å². The number of aromatic nitrogens is 1. The maximum absolute atomic E-state index is 3.82. The van der Waals surface area contributed by atoms with E-state index in [1.54, 1.807) is 0 Å². The van der Waals surface area contributed by atoms with Crippen LogP contribution < -0.4 is 10.6 Å². The molecule has 0 spiro atoms. The van der Waals surface area contributed by atoms with Gasteiger partial charge in [0.25, 0.3) is 0 Å². The Morgan fingerprint density at radius 2 is 0.822 bits per heavy atom. The zero-order valence-electron chi connectivity index (χ0n) is 24.7. The first-order chi connectivity index (χ1) is 22.3. The van der Waals surface area contributed by atoms with E-state index in [-0.39, 0.29) is 0 Å². The first-order valence-corrected chi connectivity index (χ1v) is 15.3. The topological polar surface area (TPSA) is 29.0 Å². The number of para-hydroxylation sites is 3. The van der Waals surface area contributed by atoms with Crippen molar-refractivity contribution >= 4 is 44.6 Å². The maximum atomic E-state index is 3.82. The highest BCUT2D eigenvalue weighted by molar-refractivity contribution is 6.09. The SMILES string of the molecule is c1ccc(Nc2cc(Nc3cccc(-n4c5ccccc5c5ccccc54)c3)c(-c3ccccc3)cc2-c2ccccc2)cc1. The summed E-state index contributed by atoms with van der Waals surface area (Å²) in [4.78, 5) is 0. The highest BCUT2D eigenvalue weighted by atomic mass is 15.0. The normalized spacial score (nSPS) is 11.1. The number of anilines is 4. The number of rotatable bonds is 7. The molecule has 0 amide bonds. The van der Waals surface area contributed by atoms with Gasteiger partial charge < -0.3 is 15.2 Å². The Labute approximate surface area is 263 Å². The van der Waals surface area contributed by atoms with Crippen LogP contribution in [0.3, 0.4) is 0 Å². The molecule has 0 bridgehead atoms. The van der Waals surface area contributed by atoms with Crippen molar-refractivity contribution in [3.63, 3.8) is 0 Å². The summed E-state index contributed by atoms with van der Waals surface area (Å²) in [5.74, 6) is 0. The molecule has 0 aliphatic carbocycles. The summed E-state index contributed by atoms with van der Waals surface area (Å²) in [6.45, 7) is 0. The highest BCUT2D eigenvalue weighted by Gasteiger charge is 2.16. The van der Waals surface area contributed by atoms with Crippen molar-refractivity contribution in [3.8, 4) is 27.9 Å². The molecule has 0 aliphatic rings. The minimum absolute atomic E-state index is 1.02. The molecule has 7 aromatic carbocycles. The Hall–Kier alpha value is -6.06. The lowest BCUT2D eigenvalue weighted by Gasteiger charge is -2.20. The highest BCUT2D eigenvalue weighted by Crippen LogP contribution is 2.41. The summed E-state index contributed by atoms with van der Waals surface area (Å²) < 4.78 is 2.36. The van der Waals surface area contributed by atoms with Crippen molar-refractivity contribution in [2.75, 3.05) is 10.6 Å². The summed E-state index contributed by atoms with van der Waals surface area (Å²) in [6, 6.07) is 62.1. The van der Waals surface area contributed by atoms with Crippen LogP contribution in [0, 0.1) is 0 Å². The van der Waals surface area contributed by atoms with Gasteiger partial charge in [-0.25, -0.2) is 0 Å². The molecule has 0 unspecified atom stereocenters. The zero-order chi connectivity index (χ0) is 30.0. The fourth-order valence-corrected chi connectivity index (χ4v) is 6.28. The Morgan fingerprint density at radius 3 is 1.40 bits per heavy atom. The van der Waals surface area contributed by atoms with Gasteiger partial charge in [0.2, 0.25) is 0 Å². The average molecular weight is 578 g/mol. The molecule has 0 saturated heterocycles. The van der Waals surface area contributed by atoms with E-state index in [1.807, 2.05) is 6.07 Å². The summed E-state index contributed by atoms with van der Waals surface area (Å²) in [6.07, 6.45) is 0. The van der Waals surface area contributed by atoms with Crippen molar-refractivity contribution < 1.29 is 0 Å². The van der Waals surface area contributed by atoms with Gasteiger partial charge in [-0.2, -0.15) is 0 Å². The van der Waals surface area contributed by atoms with E-state index in [9.17, 15) is 0 Å². The lowest BCUT2D eigenvalue weighted by Crippen LogP contribution is -2.00. The molecule has 2 N–H and O–H groups in total. The van der Waals surface area contributed by atoms with E-state index in [0.29, 0.717) is 0 Å². The van der Waals surface area contributed by atoms with E-state index < -0.39 is 0 Å². The maximum Gasteiger partial charge on any atom is 0.0541 e. The lowest BCUT2D eigenvalue weighted by atomic mass is 9.95. The molecule has 0 saturated carbocycles. The van der Waals surface area contributed by atoms with Crippen LogP contribution >= 0.6 is 0 Å². The molecule has 0 aliphatic heterocycles. The molecule has 0 atom stereocenters. The molecule has 8 aromatic rings. The Kier molecular flexibility index (Phi) is 6.82. The van der Waals surface area contributed by atoms with E-state index in [2.05, 4.69) is 185 Å². The molecule has 45 heavy (non-hydrogen) atoms. The third kappa shape index (κ3) is 5.11. The van der Waals surface area contributed by atoms with Crippen LogP contribution in [-0.2, 0) is 0 Å². The van der Waals surface area contributed by atoms with E-state index in [1.165, 1.54) is 21.8 Å². The smallest absolute Gasteiger partial charge is 0.0541 e. The number of benzene rings is 7. The molecule has 8 rings (SSSR count). The Bertz CT molecular complexity index is 2200. The van der Waals surface area contributed by atoms with Gasteiger partial charge in [-0.15, -0.1) is 0 Å². The third-order valence-electron chi connectivity index (χ3n) is 8.34. The van der Waals surface area contributed by atoms with Crippen LogP contribution in [0.1, 0.15) is 0 Å². The van der Waals surface area contributed by atoms with Crippen molar-refractivity contribution in [1.29, 1.82) is 0 Å². The van der Waals surface area contributed by atoms with Gasteiger partial charge in [-0.1, -0.05) is 121 Å². The molecule has 3 nitrogen and oxygen atoms in total. The third-order valence-corrected chi connectivity index (χ3v) is 8.34. The molecule has 3 heteroatoms. The molecular weight excluding hydrogens is 546 g/mol. The molecule has 1 heterocycles. The van der Waals surface area contributed by atoms with Crippen LogP contribution in [-0.4, -0.2) is 4.57 Å². The monoisotopic (exact) mass is 577 g/mol. The first kappa shape index (κ1) is 26.6. The van der Waals surface area contributed by atoms with E-state index in [0.717, 1.165) is 50.7 Å². The summed E-state index contributed by atoms with van der Waals surface area (Å²) in [5, 5.41) is 10.0. The second-order valence-corrected chi connectivity index (χ2v) is 11.2. The standard InChI is InChI=1S/C42H31N3/c1-4-15-30(16-5-1)37-28-38(31-17-6-2-7-18-31)40(29-39(37)43-32-19-8-3-9-20-32)44-33-21-14-22-34(27-33)45-41-25-12-10-23-35(41)36-24-11-13-26-42(36)45/h1-29,43-44H. The Balaban J connectivity index is 1.28. The summed E-state index contributed by atoms with van der Waals surface area (Å²) in [7, 11) is 0. The molecule has 0 radical (unpaired) electrons. The van der Waals surface area contributed by atoms with E-state index in [4.69, 9.17) is 0 Å². The van der Waals surface area contributed by atoms with Crippen LogP contribution in [0.25, 0.3) is 49.7 Å². The molecule has 1 aromatic heterocycles. The minimum Gasteiger partial charge on any atom is -0.355 e. The summed E-state index contributed by atoms with van der Waals surface area (Å²) in [5.41, 5.74) is 12.2. The molecule has 214 valence electrons. The van der Waals surface area contributed by atoms with Gasteiger partial charge in [-0.3, -0.25) is 0 Å². The number of nitrogens with one attached hydrogen (secondary N) is 2. The van der Waals surface area contributed by atoms with E-state index >= 15 is 0 Å². The number of hydrogen-bond acceptors (Lipinski definition) is 2. The number of hydrogen-bond donors (Lipinski definition) is 2. The van der Waals surface area contributed by atoms with Gasteiger partial charge in [0.1, 0.15) is 0 Å². The number of nitrogens with zero attached hydrogens (tertiary/aromatic N) is 1. The van der Waals surface area contributed by atoms with Crippen molar-refractivity contribution in [3.05, 3.63) is 176 Å². The fraction of sp³-hybridized carbons (Fsp3) is 0. The van der Waals surface area contributed by atoms with Crippen molar-refractivity contribution in [1.82, 2.24) is 4.57 Å². The second kappa shape index (κ2) is 11.6. The Morgan fingerprint density at radius 1 is 0.356 bits per heavy atom. The number of fused-ring (bicyclic) bond motifs is 3. The van der Waals surface area contributed by atoms with Gasteiger partial charge in [0, 0.05) is 50.3 Å². The molecule has 0 fully saturated rings.